The third-order valence-corrected chi connectivity index (χ3v) is 5.50. The highest BCUT2D eigenvalue weighted by molar-refractivity contribution is 7.21. The Kier molecular flexibility index (Phi) is 5.40. The molecule has 0 aliphatic heterocycles. The summed E-state index contributed by atoms with van der Waals surface area (Å²) in [5, 5.41) is 3.53. The number of pyridine rings is 2. The number of hydrogen-bond donors (Lipinski definition) is 2. The highest BCUT2D eigenvalue weighted by Crippen LogP contribution is 2.34. The summed E-state index contributed by atoms with van der Waals surface area (Å²) in [6, 6.07) is 15.8. The monoisotopic (exact) mass is 418 g/mol. The van der Waals surface area contributed by atoms with Crippen molar-refractivity contribution in [2.24, 2.45) is 0 Å². The zero-order chi connectivity index (χ0) is 21.1. The summed E-state index contributed by atoms with van der Waals surface area (Å²) in [6.45, 7) is 2.05. The number of hydrogen-bond acceptors (Lipinski definition) is 7. The van der Waals surface area contributed by atoms with E-state index in [4.69, 9.17) is 10.5 Å². The van der Waals surface area contributed by atoms with Crippen molar-refractivity contribution in [3.8, 4) is 11.4 Å². The Bertz CT molecular complexity index is 1220. The van der Waals surface area contributed by atoms with Gasteiger partial charge in [0.2, 0.25) is 0 Å². The molecule has 30 heavy (non-hydrogen) atoms. The van der Waals surface area contributed by atoms with Gasteiger partial charge in [0.1, 0.15) is 9.71 Å². The second-order valence-electron chi connectivity index (χ2n) is 6.36. The summed E-state index contributed by atoms with van der Waals surface area (Å²) >= 11 is 1.22. The fourth-order valence-corrected chi connectivity index (χ4v) is 3.90. The normalized spacial score (nSPS) is 10.7. The van der Waals surface area contributed by atoms with Gasteiger partial charge in [-0.1, -0.05) is 6.07 Å². The zero-order valence-electron chi connectivity index (χ0n) is 16.1. The van der Waals surface area contributed by atoms with E-state index < -0.39 is 5.97 Å². The molecule has 8 heteroatoms. The molecule has 0 spiro atoms. The van der Waals surface area contributed by atoms with Crippen molar-refractivity contribution in [1.82, 2.24) is 9.97 Å². The summed E-state index contributed by atoms with van der Waals surface area (Å²) in [5.74, 6) is -0.738. The molecule has 1 amide bonds. The van der Waals surface area contributed by atoms with Crippen LogP contribution in [0, 0.1) is 0 Å². The number of amides is 1. The molecule has 0 fully saturated rings. The number of carbonyl (C=O) groups is 2. The first kappa shape index (κ1) is 19.5. The summed E-state index contributed by atoms with van der Waals surface area (Å²) in [4.78, 5) is 34.5. The fourth-order valence-electron chi connectivity index (χ4n) is 2.91. The first-order valence-corrected chi connectivity index (χ1v) is 10.1. The number of anilines is 2. The predicted octanol–water partition coefficient (Wildman–Crippen LogP) is 4.37. The van der Waals surface area contributed by atoms with Gasteiger partial charge in [-0.15, -0.1) is 11.3 Å². The molecular weight excluding hydrogens is 400 g/mol. The molecule has 0 atom stereocenters. The minimum Gasteiger partial charge on any atom is -0.462 e. The topological polar surface area (TPSA) is 107 Å². The molecule has 0 saturated heterocycles. The maximum Gasteiger partial charge on any atom is 0.338 e. The van der Waals surface area contributed by atoms with E-state index in [1.807, 2.05) is 30.3 Å². The minimum atomic E-state index is -0.404. The van der Waals surface area contributed by atoms with Gasteiger partial charge in [0, 0.05) is 17.3 Å². The maximum absolute atomic E-state index is 12.8. The number of fused-ring (bicyclic) bond motifs is 1. The molecule has 150 valence electrons. The number of thiophene rings is 1. The SMILES string of the molecule is CCOC(=O)c1ccc(NC(=O)c2sc3nc(-c4ccccn4)ccc3c2N)cc1. The number of nitrogens with two attached hydrogens (primary N) is 1. The van der Waals surface area contributed by atoms with Crippen LogP contribution in [-0.2, 0) is 4.74 Å². The molecule has 1 aromatic carbocycles. The molecule has 3 N–H and O–H groups in total. The molecule has 4 aromatic rings. The Morgan fingerprint density at radius 2 is 1.87 bits per heavy atom. The number of nitrogen functional groups attached to an aromatic ring is 1. The van der Waals surface area contributed by atoms with Crippen molar-refractivity contribution < 1.29 is 14.3 Å². The van der Waals surface area contributed by atoms with Gasteiger partial charge in [0.25, 0.3) is 5.91 Å². The number of esters is 1. The van der Waals surface area contributed by atoms with Gasteiger partial charge < -0.3 is 15.8 Å². The fraction of sp³-hybridized carbons (Fsp3) is 0.0909. The predicted molar refractivity (Wildman–Crippen MR) is 118 cm³/mol. The van der Waals surface area contributed by atoms with E-state index in [-0.39, 0.29) is 5.91 Å². The average molecular weight is 418 g/mol. The molecule has 3 heterocycles. The Labute approximate surface area is 176 Å². The van der Waals surface area contributed by atoms with Crippen LogP contribution in [-0.4, -0.2) is 28.5 Å². The zero-order valence-corrected chi connectivity index (χ0v) is 16.9. The summed E-state index contributed by atoms with van der Waals surface area (Å²) in [7, 11) is 0. The lowest BCUT2D eigenvalue weighted by atomic mass is 10.2. The van der Waals surface area contributed by atoms with Crippen molar-refractivity contribution in [3.63, 3.8) is 0 Å². The third-order valence-electron chi connectivity index (χ3n) is 4.38. The molecule has 3 aromatic heterocycles. The van der Waals surface area contributed by atoms with E-state index in [0.29, 0.717) is 38.9 Å². The molecule has 7 nitrogen and oxygen atoms in total. The first-order chi connectivity index (χ1) is 14.6. The van der Waals surface area contributed by atoms with Crippen LogP contribution in [0.1, 0.15) is 27.0 Å². The number of carbonyl (C=O) groups excluding carboxylic acids is 2. The van der Waals surface area contributed by atoms with Crippen molar-refractivity contribution >= 4 is 44.8 Å². The Hall–Kier alpha value is -3.78. The van der Waals surface area contributed by atoms with E-state index in [1.165, 1.54) is 11.3 Å². The number of rotatable bonds is 5. The van der Waals surface area contributed by atoms with Crippen LogP contribution < -0.4 is 11.1 Å². The average Bonchev–Trinajstić information content (AvgIpc) is 3.11. The van der Waals surface area contributed by atoms with E-state index in [1.54, 1.807) is 37.4 Å². The molecular formula is C22H18N4O3S. The van der Waals surface area contributed by atoms with Gasteiger partial charge in [-0.05, 0) is 55.5 Å². The number of nitrogens with one attached hydrogen (secondary N) is 1. The number of nitrogens with zero attached hydrogens (tertiary/aromatic N) is 2. The Balaban J connectivity index is 1.57. The summed E-state index contributed by atoms with van der Waals surface area (Å²) in [6.07, 6.45) is 1.70. The molecule has 0 aliphatic carbocycles. The summed E-state index contributed by atoms with van der Waals surface area (Å²) < 4.78 is 4.96. The van der Waals surface area contributed by atoms with Crippen LogP contribution in [0.4, 0.5) is 11.4 Å². The highest BCUT2D eigenvalue weighted by Gasteiger charge is 2.18. The maximum atomic E-state index is 12.8. The highest BCUT2D eigenvalue weighted by atomic mass is 32.1. The number of ether oxygens (including phenoxy) is 1. The smallest absolute Gasteiger partial charge is 0.338 e. The third kappa shape index (κ3) is 3.85. The molecule has 0 aliphatic rings. The van der Waals surface area contributed by atoms with Crippen molar-refractivity contribution in [3.05, 3.63) is 71.2 Å². The standard InChI is InChI=1S/C22H18N4O3S/c1-2-29-22(28)13-6-8-14(9-7-13)25-20(27)19-18(23)15-10-11-17(26-21(15)30-19)16-5-3-4-12-24-16/h3-12H,2,23H2,1H3,(H,25,27). The number of aromatic nitrogens is 2. The van der Waals surface area contributed by atoms with Gasteiger partial charge >= 0.3 is 5.97 Å². The Morgan fingerprint density at radius 1 is 1.07 bits per heavy atom. The van der Waals surface area contributed by atoms with Gasteiger partial charge in [0.05, 0.1) is 29.2 Å². The molecule has 0 saturated carbocycles. The van der Waals surface area contributed by atoms with E-state index in [2.05, 4.69) is 15.3 Å². The van der Waals surface area contributed by atoms with E-state index in [0.717, 1.165) is 11.1 Å². The van der Waals surface area contributed by atoms with E-state index in [9.17, 15) is 9.59 Å². The second-order valence-corrected chi connectivity index (χ2v) is 7.36. The van der Waals surface area contributed by atoms with Crippen molar-refractivity contribution in [2.75, 3.05) is 17.7 Å². The van der Waals surface area contributed by atoms with Crippen LogP contribution in [0.25, 0.3) is 21.6 Å². The van der Waals surface area contributed by atoms with Crippen LogP contribution in [0.2, 0.25) is 0 Å². The first-order valence-electron chi connectivity index (χ1n) is 9.25. The van der Waals surface area contributed by atoms with Crippen LogP contribution in [0.15, 0.2) is 60.8 Å². The Morgan fingerprint density at radius 3 is 2.57 bits per heavy atom. The van der Waals surface area contributed by atoms with Gasteiger partial charge in [-0.3, -0.25) is 9.78 Å². The van der Waals surface area contributed by atoms with Gasteiger partial charge in [-0.2, -0.15) is 0 Å². The molecule has 0 unspecified atom stereocenters. The van der Waals surface area contributed by atoms with Crippen molar-refractivity contribution in [2.45, 2.75) is 6.92 Å². The molecule has 0 bridgehead atoms. The molecule has 0 radical (unpaired) electrons. The lowest BCUT2D eigenvalue weighted by Gasteiger charge is -2.06. The lowest BCUT2D eigenvalue weighted by molar-refractivity contribution is 0.0526. The summed E-state index contributed by atoms with van der Waals surface area (Å²) in [5.41, 5.74) is 9.03. The second kappa shape index (κ2) is 8.30. The lowest BCUT2D eigenvalue weighted by Crippen LogP contribution is -2.12. The van der Waals surface area contributed by atoms with Gasteiger partial charge in [-0.25, -0.2) is 9.78 Å². The quantitative estimate of drug-likeness (QED) is 0.466. The van der Waals surface area contributed by atoms with E-state index >= 15 is 0 Å². The van der Waals surface area contributed by atoms with Gasteiger partial charge in [0.15, 0.2) is 0 Å². The minimum absolute atomic E-state index is 0.304. The van der Waals surface area contributed by atoms with Crippen LogP contribution in [0.3, 0.4) is 0 Å². The molecule has 4 rings (SSSR count). The number of benzene rings is 1. The van der Waals surface area contributed by atoms with Crippen molar-refractivity contribution in [1.29, 1.82) is 0 Å². The largest absolute Gasteiger partial charge is 0.462 e. The van der Waals surface area contributed by atoms with Crippen LogP contribution in [0.5, 0.6) is 0 Å². The van der Waals surface area contributed by atoms with Crippen LogP contribution >= 0.6 is 11.3 Å².